The van der Waals surface area contributed by atoms with Gasteiger partial charge in [-0.15, -0.1) is 0 Å². The van der Waals surface area contributed by atoms with E-state index in [1.165, 1.54) is 30.5 Å². The highest BCUT2D eigenvalue weighted by Crippen LogP contribution is 2.21. The molecule has 5 nitrogen and oxygen atoms in total. The fraction of sp³-hybridized carbons (Fsp3) is 0.200. The van der Waals surface area contributed by atoms with E-state index in [2.05, 4.69) is 15.6 Å². The summed E-state index contributed by atoms with van der Waals surface area (Å²) < 4.78 is 18.2. The molecule has 1 aromatic carbocycles. The van der Waals surface area contributed by atoms with E-state index < -0.39 is 0 Å². The molecule has 1 saturated carbocycles. The molecule has 3 rings (SSSR count). The number of rotatable bonds is 4. The Morgan fingerprint density at radius 3 is 2.57 bits per heavy atom. The zero-order valence-corrected chi connectivity index (χ0v) is 11.2. The lowest BCUT2D eigenvalue weighted by molar-refractivity contribution is 0.251. The molecule has 1 aliphatic rings. The molecule has 6 heteroatoms. The van der Waals surface area contributed by atoms with Gasteiger partial charge in [-0.3, -0.25) is 0 Å². The van der Waals surface area contributed by atoms with Gasteiger partial charge >= 0.3 is 6.03 Å². The first kappa shape index (κ1) is 13.4. The van der Waals surface area contributed by atoms with E-state index in [9.17, 15) is 9.18 Å². The molecule has 0 aliphatic heterocycles. The Bertz CT molecular complexity index is 624. The van der Waals surface area contributed by atoms with Crippen LogP contribution in [0.5, 0.6) is 11.6 Å². The van der Waals surface area contributed by atoms with Crippen LogP contribution in [0.1, 0.15) is 12.8 Å². The van der Waals surface area contributed by atoms with Crippen molar-refractivity contribution < 1.29 is 13.9 Å². The molecule has 2 amide bonds. The Morgan fingerprint density at radius 1 is 1.19 bits per heavy atom. The minimum absolute atomic E-state index is 0.230. The number of hydrogen-bond acceptors (Lipinski definition) is 3. The lowest BCUT2D eigenvalue weighted by Crippen LogP contribution is -2.30. The van der Waals surface area contributed by atoms with Crippen LogP contribution in [0, 0.1) is 5.82 Å². The number of carbonyl (C=O) groups is 1. The van der Waals surface area contributed by atoms with Gasteiger partial charge in [0.05, 0.1) is 11.9 Å². The van der Waals surface area contributed by atoms with Gasteiger partial charge in [-0.1, -0.05) is 0 Å². The SMILES string of the molecule is O=C(Nc1ccc(Oc2ccc(F)cc2)nc1)NC1CC1. The number of benzene rings is 1. The number of pyridine rings is 1. The highest BCUT2D eigenvalue weighted by atomic mass is 19.1. The molecule has 0 unspecified atom stereocenters. The largest absolute Gasteiger partial charge is 0.439 e. The molecule has 0 saturated heterocycles. The van der Waals surface area contributed by atoms with Gasteiger partial charge in [0.2, 0.25) is 5.88 Å². The number of urea groups is 1. The molecule has 0 bridgehead atoms. The van der Waals surface area contributed by atoms with Crippen LogP contribution in [-0.2, 0) is 0 Å². The number of aromatic nitrogens is 1. The lowest BCUT2D eigenvalue weighted by Gasteiger charge is -2.08. The first-order valence-electron chi connectivity index (χ1n) is 6.66. The summed E-state index contributed by atoms with van der Waals surface area (Å²) in [5.74, 6) is 0.544. The van der Waals surface area contributed by atoms with Gasteiger partial charge in [-0.2, -0.15) is 0 Å². The van der Waals surface area contributed by atoms with E-state index in [1.807, 2.05) is 0 Å². The van der Waals surface area contributed by atoms with Crippen LogP contribution in [0.15, 0.2) is 42.6 Å². The van der Waals surface area contributed by atoms with Gasteiger partial charge in [0.15, 0.2) is 0 Å². The van der Waals surface area contributed by atoms with Crippen molar-refractivity contribution in [2.24, 2.45) is 0 Å². The summed E-state index contributed by atoms with van der Waals surface area (Å²) in [5.41, 5.74) is 0.583. The summed E-state index contributed by atoms with van der Waals surface area (Å²) in [4.78, 5) is 15.6. The number of amides is 2. The summed E-state index contributed by atoms with van der Waals surface area (Å²) in [6.07, 6.45) is 3.58. The fourth-order valence-corrected chi connectivity index (χ4v) is 1.72. The first-order valence-corrected chi connectivity index (χ1v) is 6.66. The van der Waals surface area contributed by atoms with Gasteiger partial charge in [-0.25, -0.2) is 14.2 Å². The normalized spacial score (nSPS) is 13.6. The standard InChI is InChI=1S/C15H14FN3O2/c16-10-1-6-13(7-2-10)21-14-8-5-12(9-17-14)19-15(20)18-11-3-4-11/h1-2,5-9,11H,3-4H2,(H2,18,19,20). The molecular weight excluding hydrogens is 273 g/mol. The number of hydrogen-bond donors (Lipinski definition) is 2. The van der Waals surface area contributed by atoms with Crippen molar-refractivity contribution in [1.82, 2.24) is 10.3 Å². The van der Waals surface area contributed by atoms with E-state index in [4.69, 9.17) is 4.74 Å². The third kappa shape index (κ3) is 3.92. The molecule has 0 radical (unpaired) electrons. The Balaban J connectivity index is 1.58. The number of carbonyl (C=O) groups excluding carboxylic acids is 1. The van der Waals surface area contributed by atoms with Crippen LogP contribution < -0.4 is 15.4 Å². The Morgan fingerprint density at radius 2 is 1.95 bits per heavy atom. The molecular formula is C15H14FN3O2. The van der Waals surface area contributed by atoms with Gasteiger partial charge in [0, 0.05) is 12.1 Å². The van der Waals surface area contributed by atoms with Gasteiger partial charge in [0.25, 0.3) is 0 Å². The smallest absolute Gasteiger partial charge is 0.319 e. The van der Waals surface area contributed by atoms with Crippen molar-refractivity contribution in [2.75, 3.05) is 5.32 Å². The minimum Gasteiger partial charge on any atom is -0.439 e. The highest BCUT2D eigenvalue weighted by Gasteiger charge is 2.23. The van der Waals surface area contributed by atoms with E-state index in [-0.39, 0.29) is 11.8 Å². The van der Waals surface area contributed by atoms with E-state index in [0.29, 0.717) is 23.4 Å². The second-order valence-corrected chi connectivity index (χ2v) is 4.81. The van der Waals surface area contributed by atoms with E-state index >= 15 is 0 Å². The maximum absolute atomic E-state index is 12.8. The van der Waals surface area contributed by atoms with Crippen molar-refractivity contribution in [1.29, 1.82) is 0 Å². The Hall–Kier alpha value is -2.63. The first-order chi connectivity index (χ1) is 10.2. The average Bonchev–Trinajstić information content (AvgIpc) is 3.27. The Kier molecular flexibility index (Phi) is 3.68. The maximum atomic E-state index is 12.8. The van der Waals surface area contributed by atoms with Crippen molar-refractivity contribution >= 4 is 11.7 Å². The zero-order chi connectivity index (χ0) is 14.7. The van der Waals surface area contributed by atoms with E-state index in [1.54, 1.807) is 12.1 Å². The molecule has 1 aliphatic carbocycles. The van der Waals surface area contributed by atoms with Crippen molar-refractivity contribution in [2.45, 2.75) is 18.9 Å². The zero-order valence-electron chi connectivity index (χ0n) is 11.2. The number of nitrogens with one attached hydrogen (secondary N) is 2. The van der Waals surface area contributed by atoms with Gasteiger partial charge in [-0.05, 0) is 43.2 Å². The number of ether oxygens (including phenoxy) is 1. The molecule has 0 spiro atoms. The van der Waals surface area contributed by atoms with E-state index in [0.717, 1.165) is 12.8 Å². The van der Waals surface area contributed by atoms with Crippen molar-refractivity contribution in [3.8, 4) is 11.6 Å². The van der Waals surface area contributed by atoms with Crippen LogP contribution in [0.3, 0.4) is 0 Å². The number of nitrogens with zero attached hydrogens (tertiary/aromatic N) is 1. The minimum atomic E-state index is -0.323. The van der Waals surface area contributed by atoms with Crippen LogP contribution in [0.4, 0.5) is 14.9 Å². The predicted octanol–water partition coefficient (Wildman–Crippen LogP) is 3.30. The van der Waals surface area contributed by atoms with Crippen LogP contribution in [-0.4, -0.2) is 17.1 Å². The topological polar surface area (TPSA) is 63.2 Å². The maximum Gasteiger partial charge on any atom is 0.319 e. The number of halogens is 1. The second kappa shape index (κ2) is 5.78. The highest BCUT2D eigenvalue weighted by molar-refractivity contribution is 5.89. The summed E-state index contributed by atoms with van der Waals surface area (Å²) in [6, 6.07) is 9.07. The van der Waals surface area contributed by atoms with Crippen LogP contribution >= 0.6 is 0 Å². The molecule has 2 N–H and O–H groups in total. The number of anilines is 1. The lowest BCUT2D eigenvalue weighted by atomic mass is 10.3. The predicted molar refractivity (Wildman–Crippen MR) is 75.9 cm³/mol. The molecule has 2 aromatic rings. The third-order valence-electron chi connectivity index (χ3n) is 2.94. The third-order valence-corrected chi connectivity index (χ3v) is 2.94. The molecule has 21 heavy (non-hydrogen) atoms. The summed E-state index contributed by atoms with van der Waals surface area (Å²) in [6.45, 7) is 0. The fourth-order valence-electron chi connectivity index (χ4n) is 1.72. The molecule has 1 fully saturated rings. The Labute approximate surface area is 121 Å². The molecule has 1 aromatic heterocycles. The monoisotopic (exact) mass is 287 g/mol. The summed E-state index contributed by atoms with van der Waals surface area (Å²) in [7, 11) is 0. The molecule has 0 atom stereocenters. The summed E-state index contributed by atoms with van der Waals surface area (Å²) >= 11 is 0. The second-order valence-electron chi connectivity index (χ2n) is 4.81. The van der Waals surface area contributed by atoms with Crippen LogP contribution in [0.25, 0.3) is 0 Å². The van der Waals surface area contributed by atoms with Gasteiger partial charge in [0.1, 0.15) is 11.6 Å². The van der Waals surface area contributed by atoms with Gasteiger partial charge < -0.3 is 15.4 Å². The summed E-state index contributed by atoms with van der Waals surface area (Å²) in [5, 5.41) is 5.51. The average molecular weight is 287 g/mol. The quantitative estimate of drug-likeness (QED) is 0.907. The molecule has 1 heterocycles. The van der Waals surface area contributed by atoms with Crippen LogP contribution in [0.2, 0.25) is 0 Å². The molecule has 108 valence electrons. The van der Waals surface area contributed by atoms with Crippen molar-refractivity contribution in [3.05, 3.63) is 48.4 Å². The van der Waals surface area contributed by atoms with Crippen molar-refractivity contribution in [3.63, 3.8) is 0 Å².